The van der Waals surface area contributed by atoms with Crippen LogP contribution in [0.5, 0.6) is 0 Å². The number of aliphatic imine (C=N–C) groups is 1. The van der Waals surface area contributed by atoms with E-state index in [4.69, 9.17) is 23.2 Å². The number of nitrogens with zero attached hydrogens (tertiary/aromatic N) is 2. The second kappa shape index (κ2) is 7.05. The van der Waals surface area contributed by atoms with Gasteiger partial charge in [0.2, 0.25) is 0 Å². The number of carbonyl (C=O) groups excluding carboxylic acids is 1. The summed E-state index contributed by atoms with van der Waals surface area (Å²) >= 11 is 13.2. The third kappa shape index (κ3) is 3.86. The molecule has 24 heavy (non-hydrogen) atoms. The maximum Gasteiger partial charge on any atom is 0.264 e. The van der Waals surface area contributed by atoms with Crippen LogP contribution in [0.25, 0.3) is 6.08 Å². The number of amidine groups is 1. The van der Waals surface area contributed by atoms with Gasteiger partial charge in [0.25, 0.3) is 5.91 Å². The molecule has 0 bridgehead atoms. The molecule has 1 aliphatic heterocycles. The van der Waals surface area contributed by atoms with Gasteiger partial charge in [0.1, 0.15) is 0 Å². The molecule has 7 heteroatoms. The molecule has 2 heterocycles. The first-order chi connectivity index (χ1) is 11.4. The molecule has 1 saturated heterocycles. The van der Waals surface area contributed by atoms with Crippen molar-refractivity contribution in [3.05, 3.63) is 57.2 Å². The van der Waals surface area contributed by atoms with E-state index in [1.165, 1.54) is 11.8 Å². The van der Waals surface area contributed by atoms with Crippen molar-refractivity contribution < 1.29 is 4.79 Å². The number of benzene rings is 1. The van der Waals surface area contributed by atoms with Crippen molar-refractivity contribution in [1.82, 2.24) is 9.88 Å². The fraction of sp³-hybridized carbons (Fsp3) is 0.176. The fourth-order valence-corrected chi connectivity index (χ4v) is 3.27. The lowest BCUT2D eigenvalue weighted by Gasteiger charge is -2.04. The van der Waals surface area contributed by atoms with Crippen LogP contribution in [0.3, 0.4) is 0 Å². The van der Waals surface area contributed by atoms with E-state index in [0.717, 1.165) is 5.56 Å². The monoisotopic (exact) mass is 379 g/mol. The summed E-state index contributed by atoms with van der Waals surface area (Å²) in [6.07, 6.45) is 5.87. The Morgan fingerprint density at radius 2 is 2.04 bits per heavy atom. The molecular formula is C17H15Cl2N3OS. The number of halogens is 2. The zero-order valence-electron chi connectivity index (χ0n) is 13.1. The van der Waals surface area contributed by atoms with E-state index in [1.807, 2.05) is 24.5 Å². The van der Waals surface area contributed by atoms with Crippen molar-refractivity contribution in [3.63, 3.8) is 0 Å². The lowest BCUT2D eigenvalue weighted by atomic mass is 10.3. The molecule has 0 aliphatic carbocycles. The van der Waals surface area contributed by atoms with Crippen molar-refractivity contribution in [2.75, 3.05) is 0 Å². The first-order valence-electron chi connectivity index (χ1n) is 7.34. The smallest absolute Gasteiger partial charge is 0.264 e. The van der Waals surface area contributed by atoms with Gasteiger partial charge in [-0.1, -0.05) is 23.2 Å². The van der Waals surface area contributed by atoms with E-state index in [0.29, 0.717) is 31.8 Å². The summed E-state index contributed by atoms with van der Waals surface area (Å²) in [6.45, 7) is 4.21. The lowest BCUT2D eigenvalue weighted by molar-refractivity contribution is -0.115. The molecule has 3 rings (SSSR count). The Morgan fingerprint density at radius 3 is 2.71 bits per heavy atom. The molecule has 2 aromatic rings. The number of nitrogens with one attached hydrogen (secondary N) is 1. The summed E-state index contributed by atoms with van der Waals surface area (Å²) in [5, 5.41) is 4.18. The van der Waals surface area contributed by atoms with Crippen molar-refractivity contribution in [2.24, 2.45) is 4.99 Å². The number of hydrogen-bond donors (Lipinski definition) is 1. The Hall–Kier alpha value is -1.69. The van der Waals surface area contributed by atoms with Gasteiger partial charge in [0.15, 0.2) is 5.17 Å². The molecule has 1 amide bonds. The first kappa shape index (κ1) is 17.1. The fourth-order valence-electron chi connectivity index (χ4n) is 2.14. The van der Waals surface area contributed by atoms with Gasteiger partial charge in [-0.25, -0.2) is 4.99 Å². The van der Waals surface area contributed by atoms with Crippen LogP contribution in [0.2, 0.25) is 10.0 Å². The molecule has 124 valence electrons. The number of carbonyl (C=O) groups is 1. The average Bonchev–Trinajstić information content (AvgIpc) is 3.11. The standard InChI is InChI=1S/C17H15Cl2N3OS/c1-10(2)22-6-5-11(9-22)7-15-16(23)21-17(24-15)20-12-3-4-13(18)14(19)8-12/h3-10H,1-2H3,(H,20,21,23)/b15-7+. The van der Waals surface area contributed by atoms with E-state index in [9.17, 15) is 4.79 Å². The average molecular weight is 380 g/mol. The number of hydrogen-bond acceptors (Lipinski definition) is 3. The van der Waals surface area contributed by atoms with Crippen LogP contribution in [0, 0.1) is 0 Å². The molecule has 0 radical (unpaired) electrons. The molecule has 0 saturated carbocycles. The number of amides is 1. The molecule has 0 unspecified atom stereocenters. The third-order valence-electron chi connectivity index (χ3n) is 3.42. The van der Waals surface area contributed by atoms with E-state index >= 15 is 0 Å². The van der Waals surface area contributed by atoms with Gasteiger partial charge in [-0.15, -0.1) is 0 Å². The van der Waals surface area contributed by atoms with Crippen LogP contribution in [0.15, 0.2) is 46.6 Å². The number of thioether (sulfide) groups is 1. The summed E-state index contributed by atoms with van der Waals surface area (Å²) in [5.41, 5.74) is 1.62. The van der Waals surface area contributed by atoms with E-state index in [-0.39, 0.29) is 5.91 Å². The van der Waals surface area contributed by atoms with Crippen LogP contribution in [0.4, 0.5) is 5.69 Å². The molecule has 0 atom stereocenters. The molecule has 1 aromatic heterocycles. The zero-order chi connectivity index (χ0) is 17.3. The van der Waals surface area contributed by atoms with Crippen molar-refractivity contribution in [2.45, 2.75) is 19.9 Å². The van der Waals surface area contributed by atoms with E-state index in [1.54, 1.807) is 18.2 Å². The van der Waals surface area contributed by atoms with Crippen LogP contribution in [-0.2, 0) is 4.79 Å². The lowest BCUT2D eigenvalue weighted by Crippen LogP contribution is -2.19. The van der Waals surface area contributed by atoms with Crippen LogP contribution >= 0.6 is 35.0 Å². The van der Waals surface area contributed by atoms with Gasteiger partial charge < -0.3 is 9.88 Å². The predicted octanol–water partition coefficient (Wildman–Crippen LogP) is 5.27. The van der Waals surface area contributed by atoms with Gasteiger partial charge in [-0.3, -0.25) is 4.79 Å². The predicted molar refractivity (Wildman–Crippen MR) is 102 cm³/mol. The Kier molecular flexibility index (Phi) is 5.04. The van der Waals surface area contributed by atoms with Crippen molar-refractivity contribution >= 4 is 57.8 Å². The second-order valence-corrected chi connectivity index (χ2v) is 7.41. The Labute approximate surface area is 154 Å². The van der Waals surface area contributed by atoms with Gasteiger partial charge >= 0.3 is 0 Å². The largest absolute Gasteiger partial charge is 0.351 e. The SMILES string of the molecule is CC(C)n1ccc(/C=C2/SC(=Nc3ccc(Cl)c(Cl)c3)NC2=O)c1. The first-order valence-corrected chi connectivity index (χ1v) is 8.92. The highest BCUT2D eigenvalue weighted by Gasteiger charge is 2.24. The topological polar surface area (TPSA) is 46.4 Å². The van der Waals surface area contributed by atoms with Gasteiger partial charge in [0, 0.05) is 18.4 Å². The molecule has 1 fully saturated rings. The molecule has 1 aliphatic rings. The quantitative estimate of drug-likeness (QED) is 0.738. The maximum absolute atomic E-state index is 12.1. The van der Waals surface area contributed by atoms with Crippen LogP contribution < -0.4 is 5.32 Å². The van der Waals surface area contributed by atoms with Gasteiger partial charge in [-0.2, -0.15) is 0 Å². The number of rotatable bonds is 3. The highest BCUT2D eigenvalue weighted by atomic mass is 35.5. The third-order valence-corrected chi connectivity index (χ3v) is 5.06. The summed E-state index contributed by atoms with van der Waals surface area (Å²) in [5.74, 6) is -0.156. The van der Waals surface area contributed by atoms with Crippen molar-refractivity contribution in [1.29, 1.82) is 0 Å². The van der Waals surface area contributed by atoms with Crippen molar-refractivity contribution in [3.8, 4) is 0 Å². The summed E-state index contributed by atoms with van der Waals surface area (Å²) in [7, 11) is 0. The van der Waals surface area contributed by atoms with Gasteiger partial charge in [0.05, 0.1) is 20.6 Å². The minimum absolute atomic E-state index is 0.156. The Bertz CT molecular complexity index is 855. The second-order valence-electron chi connectivity index (χ2n) is 5.57. The highest BCUT2D eigenvalue weighted by molar-refractivity contribution is 8.18. The minimum atomic E-state index is -0.156. The molecule has 1 aromatic carbocycles. The zero-order valence-corrected chi connectivity index (χ0v) is 15.4. The summed E-state index contributed by atoms with van der Waals surface area (Å²) < 4.78 is 2.09. The minimum Gasteiger partial charge on any atom is -0.351 e. The number of aromatic nitrogens is 1. The van der Waals surface area contributed by atoms with E-state index in [2.05, 4.69) is 28.7 Å². The van der Waals surface area contributed by atoms with Gasteiger partial charge in [-0.05, 0) is 61.5 Å². The summed E-state index contributed by atoms with van der Waals surface area (Å²) in [4.78, 5) is 17.1. The normalized spacial score (nSPS) is 18.0. The Morgan fingerprint density at radius 1 is 1.25 bits per heavy atom. The molecule has 1 N–H and O–H groups in total. The van der Waals surface area contributed by atoms with Crippen LogP contribution in [-0.4, -0.2) is 15.6 Å². The highest BCUT2D eigenvalue weighted by Crippen LogP contribution is 2.31. The maximum atomic E-state index is 12.1. The summed E-state index contributed by atoms with van der Waals surface area (Å²) in [6, 6.07) is 7.45. The molecule has 0 spiro atoms. The molecular weight excluding hydrogens is 365 g/mol. The van der Waals surface area contributed by atoms with Crippen LogP contribution in [0.1, 0.15) is 25.5 Å². The Balaban J connectivity index is 1.80. The molecule has 4 nitrogen and oxygen atoms in total. The van der Waals surface area contributed by atoms with E-state index < -0.39 is 0 Å².